The van der Waals surface area contributed by atoms with E-state index >= 15 is 0 Å². The molecule has 1 aliphatic rings. The zero-order valence-corrected chi connectivity index (χ0v) is 9.37. The average molecular weight is 205 g/mol. The minimum absolute atomic E-state index is 0.745. The Morgan fingerprint density at radius 3 is 3.07 bits per heavy atom. The summed E-state index contributed by atoms with van der Waals surface area (Å²) in [6.45, 7) is 1.73. The number of hydrogen-bond donors (Lipinski definition) is 1. The molecule has 0 amide bonds. The van der Waals surface area contributed by atoms with E-state index in [2.05, 4.69) is 24.1 Å². The van der Waals surface area contributed by atoms with Crippen molar-refractivity contribution in [2.24, 2.45) is 5.73 Å². The van der Waals surface area contributed by atoms with Crippen LogP contribution in [0.5, 0.6) is 0 Å². The predicted molar refractivity (Wildman–Crippen MR) is 63.2 cm³/mol. The number of aryl methyl sites for hydroxylation is 2. The number of fused-ring (bicyclic) bond motifs is 1. The summed E-state index contributed by atoms with van der Waals surface area (Å²) < 4.78 is 0. The molecule has 0 bridgehead atoms. The van der Waals surface area contributed by atoms with E-state index in [-0.39, 0.29) is 0 Å². The van der Waals surface area contributed by atoms with Gasteiger partial charge in [0.1, 0.15) is 5.82 Å². The molecule has 3 heteroatoms. The molecule has 15 heavy (non-hydrogen) atoms. The van der Waals surface area contributed by atoms with E-state index < -0.39 is 0 Å². The third-order valence-electron chi connectivity index (χ3n) is 3.00. The van der Waals surface area contributed by atoms with Gasteiger partial charge in [0.05, 0.1) is 0 Å². The summed E-state index contributed by atoms with van der Waals surface area (Å²) in [7, 11) is 2.08. The third kappa shape index (κ3) is 2.29. The molecule has 0 saturated carbocycles. The van der Waals surface area contributed by atoms with Gasteiger partial charge in [-0.2, -0.15) is 0 Å². The number of nitrogens with two attached hydrogens (primary N) is 1. The molecule has 1 aromatic rings. The number of pyridine rings is 1. The fourth-order valence-corrected chi connectivity index (χ4v) is 2.06. The summed E-state index contributed by atoms with van der Waals surface area (Å²) in [6, 6.07) is 4.35. The number of aromatic nitrogens is 1. The van der Waals surface area contributed by atoms with Crippen LogP contribution in [0.1, 0.15) is 24.1 Å². The number of hydrogen-bond acceptors (Lipinski definition) is 3. The van der Waals surface area contributed by atoms with Crippen LogP contribution >= 0.6 is 0 Å². The number of rotatable bonds is 4. The lowest BCUT2D eigenvalue weighted by atomic mass is 10.2. The van der Waals surface area contributed by atoms with Crippen molar-refractivity contribution in [1.82, 2.24) is 4.98 Å². The summed E-state index contributed by atoms with van der Waals surface area (Å²) in [5, 5.41) is 0. The van der Waals surface area contributed by atoms with Crippen molar-refractivity contribution in [1.29, 1.82) is 0 Å². The van der Waals surface area contributed by atoms with E-state index in [0.717, 1.165) is 31.7 Å². The molecular weight excluding hydrogens is 186 g/mol. The normalized spacial score (nSPS) is 14.0. The maximum absolute atomic E-state index is 5.50. The third-order valence-corrected chi connectivity index (χ3v) is 3.00. The topological polar surface area (TPSA) is 42.1 Å². The minimum atomic E-state index is 0.745. The quantitative estimate of drug-likeness (QED) is 0.807. The molecule has 0 radical (unpaired) electrons. The second-order valence-corrected chi connectivity index (χ2v) is 4.19. The van der Waals surface area contributed by atoms with Crippen LogP contribution in [-0.4, -0.2) is 25.1 Å². The van der Waals surface area contributed by atoms with Gasteiger partial charge in [-0.15, -0.1) is 0 Å². The molecule has 1 aromatic heterocycles. The fourth-order valence-electron chi connectivity index (χ4n) is 2.06. The lowest BCUT2D eigenvalue weighted by Crippen LogP contribution is -2.22. The predicted octanol–water partition coefficient (Wildman–Crippen LogP) is 1.36. The first-order chi connectivity index (χ1) is 7.31. The van der Waals surface area contributed by atoms with E-state index in [1.165, 1.54) is 24.1 Å². The lowest BCUT2D eigenvalue weighted by molar-refractivity contribution is 0.783. The maximum atomic E-state index is 5.50. The van der Waals surface area contributed by atoms with Crippen LogP contribution in [0.2, 0.25) is 0 Å². The highest BCUT2D eigenvalue weighted by Gasteiger charge is 2.13. The summed E-state index contributed by atoms with van der Waals surface area (Å²) in [4.78, 5) is 6.88. The first-order valence-electron chi connectivity index (χ1n) is 5.71. The van der Waals surface area contributed by atoms with E-state index in [1.54, 1.807) is 0 Å². The van der Waals surface area contributed by atoms with Gasteiger partial charge in [-0.3, -0.25) is 0 Å². The SMILES string of the molecule is CN(CCCN)c1ccc2c(n1)CCC2. The van der Waals surface area contributed by atoms with E-state index in [4.69, 9.17) is 10.7 Å². The van der Waals surface area contributed by atoms with Gasteiger partial charge < -0.3 is 10.6 Å². The second-order valence-electron chi connectivity index (χ2n) is 4.19. The second kappa shape index (κ2) is 4.62. The Balaban J connectivity index is 2.08. The molecule has 2 rings (SSSR count). The molecule has 3 nitrogen and oxygen atoms in total. The van der Waals surface area contributed by atoms with Gasteiger partial charge in [0.15, 0.2) is 0 Å². The smallest absolute Gasteiger partial charge is 0.128 e. The molecule has 0 fully saturated rings. The zero-order valence-electron chi connectivity index (χ0n) is 9.37. The first-order valence-corrected chi connectivity index (χ1v) is 5.71. The van der Waals surface area contributed by atoms with Crippen LogP contribution in [-0.2, 0) is 12.8 Å². The van der Waals surface area contributed by atoms with Crippen molar-refractivity contribution in [3.05, 3.63) is 23.4 Å². The minimum Gasteiger partial charge on any atom is -0.360 e. The highest BCUT2D eigenvalue weighted by molar-refractivity contribution is 5.42. The van der Waals surface area contributed by atoms with Crippen LogP contribution < -0.4 is 10.6 Å². The highest BCUT2D eigenvalue weighted by Crippen LogP contribution is 2.22. The van der Waals surface area contributed by atoms with Crippen molar-refractivity contribution >= 4 is 5.82 Å². The summed E-state index contributed by atoms with van der Waals surface area (Å²) >= 11 is 0. The van der Waals surface area contributed by atoms with Gasteiger partial charge in [-0.1, -0.05) is 6.07 Å². The van der Waals surface area contributed by atoms with Crippen LogP contribution in [0.15, 0.2) is 12.1 Å². The van der Waals surface area contributed by atoms with E-state index in [9.17, 15) is 0 Å². The Kier molecular flexibility index (Phi) is 3.21. The van der Waals surface area contributed by atoms with Crippen LogP contribution in [0, 0.1) is 0 Å². The van der Waals surface area contributed by atoms with Gasteiger partial charge in [0, 0.05) is 19.3 Å². The molecule has 0 atom stereocenters. The van der Waals surface area contributed by atoms with E-state index in [0.29, 0.717) is 0 Å². The lowest BCUT2D eigenvalue weighted by Gasteiger charge is -2.18. The van der Waals surface area contributed by atoms with Crippen molar-refractivity contribution in [3.63, 3.8) is 0 Å². The van der Waals surface area contributed by atoms with Gasteiger partial charge in [0.25, 0.3) is 0 Å². The summed E-state index contributed by atoms with van der Waals surface area (Å²) in [6.07, 6.45) is 4.64. The van der Waals surface area contributed by atoms with Crippen molar-refractivity contribution in [3.8, 4) is 0 Å². The van der Waals surface area contributed by atoms with Crippen molar-refractivity contribution in [2.75, 3.05) is 25.0 Å². The van der Waals surface area contributed by atoms with Gasteiger partial charge in [-0.25, -0.2) is 4.98 Å². The zero-order chi connectivity index (χ0) is 10.7. The van der Waals surface area contributed by atoms with Crippen LogP contribution in [0.25, 0.3) is 0 Å². The molecule has 0 aromatic carbocycles. The molecule has 0 aliphatic heterocycles. The van der Waals surface area contributed by atoms with Crippen LogP contribution in [0.4, 0.5) is 5.82 Å². The monoisotopic (exact) mass is 205 g/mol. The maximum Gasteiger partial charge on any atom is 0.128 e. The molecular formula is C12H19N3. The van der Waals surface area contributed by atoms with Crippen LogP contribution in [0.3, 0.4) is 0 Å². The van der Waals surface area contributed by atoms with Crippen molar-refractivity contribution in [2.45, 2.75) is 25.7 Å². The molecule has 1 aliphatic carbocycles. The standard InChI is InChI=1S/C12H19N3/c1-15(9-3-8-13)12-7-6-10-4-2-5-11(10)14-12/h6-7H,2-5,8-9,13H2,1H3. The molecule has 1 heterocycles. The summed E-state index contributed by atoms with van der Waals surface area (Å²) in [5.74, 6) is 1.09. The van der Waals surface area contributed by atoms with Gasteiger partial charge in [-0.05, 0) is 43.9 Å². The molecule has 0 saturated heterocycles. The van der Waals surface area contributed by atoms with Gasteiger partial charge >= 0.3 is 0 Å². The first kappa shape index (κ1) is 10.4. The Bertz CT molecular complexity index is 336. The Morgan fingerprint density at radius 2 is 2.27 bits per heavy atom. The molecule has 82 valence electrons. The average Bonchev–Trinajstić information content (AvgIpc) is 2.72. The molecule has 2 N–H and O–H groups in total. The number of nitrogens with zero attached hydrogens (tertiary/aromatic N) is 2. The molecule has 0 unspecified atom stereocenters. The summed E-state index contributed by atoms with van der Waals surface area (Å²) in [5.41, 5.74) is 8.23. The Hall–Kier alpha value is -1.09. The Labute approximate surface area is 91.3 Å². The largest absolute Gasteiger partial charge is 0.360 e. The highest BCUT2D eigenvalue weighted by atomic mass is 15.2. The number of anilines is 1. The van der Waals surface area contributed by atoms with E-state index in [1.807, 2.05) is 0 Å². The molecule has 0 spiro atoms. The van der Waals surface area contributed by atoms with Crippen molar-refractivity contribution < 1.29 is 0 Å². The Morgan fingerprint density at radius 1 is 1.40 bits per heavy atom. The van der Waals surface area contributed by atoms with Gasteiger partial charge in [0.2, 0.25) is 0 Å². The fraction of sp³-hybridized carbons (Fsp3) is 0.583.